The summed E-state index contributed by atoms with van der Waals surface area (Å²) >= 11 is 5.55. The van der Waals surface area contributed by atoms with Crippen LogP contribution in [0, 0.1) is 0 Å². The summed E-state index contributed by atoms with van der Waals surface area (Å²) in [6.45, 7) is 0.550. The summed E-state index contributed by atoms with van der Waals surface area (Å²) < 4.78 is 4.80. The molecule has 0 saturated heterocycles. The monoisotopic (exact) mass is 175 g/mol. The number of aromatic nitrogens is 1. The van der Waals surface area contributed by atoms with Gasteiger partial charge in [0.25, 0.3) is 0 Å². The maximum atomic E-state index is 5.55. The predicted octanol–water partition coefficient (Wildman–Crippen LogP) is 2.04. The number of hydrogen-bond acceptors (Lipinski definition) is 2. The van der Waals surface area contributed by atoms with Crippen molar-refractivity contribution in [1.82, 2.24) is 4.98 Å². The van der Waals surface area contributed by atoms with Crippen LogP contribution in [0.4, 0.5) is 0 Å². The third-order valence-corrected chi connectivity index (χ3v) is 1.43. The van der Waals surface area contributed by atoms with Gasteiger partial charge in [0.05, 0.1) is 6.61 Å². The van der Waals surface area contributed by atoms with Gasteiger partial charge in [0.1, 0.15) is 5.15 Å². The molecule has 2 nitrogen and oxygen atoms in total. The summed E-state index contributed by atoms with van der Waals surface area (Å²) in [7, 11) is 2.18. The molecule has 0 aromatic carbocycles. The van der Waals surface area contributed by atoms with Crippen molar-refractivity contribution in [2.45, 2.75) is 6.61 Å². The molecular formula is C6H7ClNOP. The van der Waals surface area contributed by atoms with Gasteiger partial charge in [-0.3, -0.25) is 0 Å². The van der Waals surface area contributed by atoms with Crippen LogP contribution in [-0.4, -0.2) is 4.98 Å². The van der Waals surface area contributed by atoms with Gasteiger partial charge in [-0.2, -0.15) is 0 Å². The molecule has 0 amide bonds. The zero-order chi connectivity index (χ0) is 7.40. The Morgan fingerprint density at radius 2 is 2.40 bits per heavy atom. The Morgan fingerprint density at radius 1 is 1.60 bits per heavy atom. The summed E-state index contributed by atoms with van der Waals surface area (Å²) in [5.41, 5.74) is 1.01. The van der Waals surface area contributed by atoms with E-state index in [4.69, 9.17) is 16.1 Å². The van der Waals surface area contributed by atoms with E-state index in [1.165, 1.54) is 0 Å². The highest BCUT2D eigenvalue weighted by molar-refractivity contribution is 7.09. The molecule has 4 heteroatoms. The second-order valence-corrected chi connectivity index (χ2v) is 2.52. The molecule has 0 aliphatic rings. The van der Waals surface area contributed by atoms with Gasteiger partial charge < -0.3 is 4.52 Å². The van der Waals surface area contributed by atoms with Crippen LogP contribution in [0.1, 0.15) is 5.56 Å². The first-order valence-corrected chi connectivity index (χ1v) is 3.60. The van der Waals surface area contributed by atoms with Crippen LogP contribution in [0.3, 0.4) is 0 Å². The molecule has 0 spiro atoms. The molecule has 1 unspecified atom stereocenters. The maximum Gasteiger partial charge on any atom is 0.129 e. The van der Waals surface area contributed by atoms with Crippen LogP contribution in [0.5, 0.6) is 0 Å². The largest absolute Gasteiger partial charge is 0.361 e. The molecule has 0 N–H and O–H groups in total. The highest BCUT2D eigenvalue weighted by atomic mass is 35.5. The molecule has 0 aliphatic heterocycles. The van der Waals surface area contributed by atoms with E-state index in [0.717, 1.165) is 5.56 Å². The molecule has 0 radical (unpaired) electrons. The molecule has 1 atom stereocenters. The van der Waals surface area contributed by atoms with Crippen LogP contribution in [0.15, 0.2) is 18.3 Å². The lowest BCUT2D eigenvalue weighted by atomic mass is 10.3. The number of nitrogens with zero attached hydrogens (tertiary/aromatic N) is 1. The minimum atomic E-state index is 0.507. The van der Waals surface area contributed by atoms with Crippen molar-refractivity contribution in [3.63, 3.8) is 0 Å². The van der Waals surface area contributed by atoms with Crippen molar-refractivity contribution in [1.29, 1.82) is 0 Å². The molecule has 0 aliphatic carbocycles. The van der Waals surface area contributed by atoms with Gasteiger partial charge in [-0.05, 0) is 11.6 Å². The number of pyridine rings is 1. The van der Waals surface area contributed by atoms with Crippen LogP contribution < -0.4 is 0 Å². The molecule has 0 bridgehead atoms. The first-order chi connectivity index (χ1) is 4.83. The fourth-order valence-corrected chi connectivity index (χ4v) is 0.892. The lowest BCUT2D eigenvalue weighted by Crippen LogP contribution is -1.84. The van der Waals surface area contributed by atoms with Crippen LogP contribution in [-0.2, 0) is 11.1 Å². The van der Waals surface area contributed by atoms with E-state index in [1.807, 2.05) is 6.07 Å². The minimum absolute atomic E-state index is 0.507. The topological polar surface area (TPSA) is 22.1 Å². The quantitative estimate of drug-likeness (QED) is 0.507. The highest BCUT2D eigenvalue weighted by Crippen LogP contribution is 2.06. The number of rotatable bonds is 2. The van der Waals surface area contributed by atoms with Gasteiger partial charge in [0.15, 0.2) is 0 Å². The molecule has 54 valence electrons. The Bertz CT molecular complexity index is 201. The fourth-order valence-electron chi connectivity index (χ4n) is 0.588. The molecular weight excluding hydrogens is 168 g/mol. The van der Waals surface area contributed by atoms with E-state index >= 15 is 0 Å². The second kappa shape index (κ2) is 3.87. The van der Waals surface area contributed by atoms with Gasteiger partial charge in [-0.15, -0.1) is 0 Å². The minimum Gasteiger partial charge on any atom is -0.361 e. The molecule has 0 saturated carbocycles. The number of hydrogen-bond donors (Lipinski definition) is 0. The van der Waals surface area contributed by atoms with Crippen molar-refractivity contribution < 1.29 is 4.52 Å². The summed E-state index contributed by atoms with van der Waals surface area (Å²) in [6.07, 6.45) is 1.69. The van der Waals surface area contributed by atoms with Gasteiger partial charge in [-0.1, -0.05) is 17.7 Å². The summed E-state index contributed by atoms with van der Waals surface area (Å²) in [5, 5.41) is 0.507. The van der Waals surface area contributed by atoms with Gasteiger partial charge in [0, 0.05) is 15.7 Å². The van der Waals surface area contributed by atoms with Crippen molar-refractivity contribution in [3.05, 3.63) is 29.0 Å². The Hall–Kier alpha value is -0.170. The van der Waals surface area contributed by atoms with Crippen LogP contribution >= 0.6 is 21.1 Å². The van der Waals surface area contributed by atoms with Crippen molar-refractivity contribution in [3.8, 4) is 0 Å². The van der Waals surface area contributed by atoms with E-state index in [1.54, 1.807) is 12.3 Å². The summed E-state index contributed by atoms with van der Waals surface area (Å²) in [4.78, 5) is 3.87. The van der Waals surface area contributed by atoms with Gasteiger partial charge in [-0.25, -0.2) is 4.98 Å². The third-order valence-electron chi connectivity index (χ3n) is 1.04. The van der Waals surface area contributed by atoms with E-state index in [-0.39, 0.29) is 0 Å². The second-order valence-electron chi connectivity index (χ2n) is 1.80. The Morgan fingerprint density at radius 3 is 2.90 bits per heavy atom. The Kier molecular flexibility index (Phi) is 3.07. The normalized spacial score (nSPS) is 9.80. The third kappa shape index (κ3) is 2.22. The lowest BCUT2D eigenvalue weighted by Gasteiger charge is -1.96. The van der Waals surface area contributed by atoms with E-state index < -0.39 is 0 Å². The maximum absolute atomic E-state index is 5.55. The van der Waals surface area contributed by atoms with E-state index in [2.05, 4.69) is 14.5 Å². The zero-order valence-corrected chi connectivity index (χ0v) is 7.16. The van der Waals surface area contributed by atoms with E-state index in [9.17, 15) is 0 Å². The first-order valence-electron chi connectivity index (χ1n) is 2.75. The van der Waals surface area contributed by atoms with Crippen molar-refractivity contribution in [2.75, 3.05) is 0 Å². The number of halogens is 1. The first kappa shape index (κ1) is 7.93. The molecule has 0 fully saturated rings. The Balaban J connectivity index is 2.69. The van der Waals surface area contributed by atoms with Gasteiger partial charge in [0.2, 0.25) is 0 Å². The average molecular weight is 176 g/mol. The SMILES string of the molecule is POCc1ccc(Cl)nc1. The standard InChI is InChI=1S/C6H7ClNOP/c7-6-2-1-5(3-8-6)4-9-10/h1-3H,4,10H2. The Labute approximate surface area is 66.8 Å². The van der Waals surface area contributed by atoms with Crippen LogP contribution in [0.25, 0.3) is 0 Å². The fraction of sp³-hybridized carbons (Fsp3) is 0.167. The van der Waals surface area contributed by atoms with E-state index in [0.29, 0.717) is 11.8 Å². The lowest BCUT2D eigenvalue weighted by molar-refractivity contribution is 0.361. The smallest absolute Gasteiger partial charge is 0.129 e. The molecule has 1 aromatic rings. The van der Waals surface area contributed by atoms with Crippen molar-refractivity contribution in [2.24, 2.45) is 0 Å². The zero-order valence-electron chi connectivity index (χ0n) is 5.25. The highest BCUT2D eigenvalue weighted by Gasteiger charge is 1.90. The van der Waals surface area contributed by atoms with Crippen LogP contribution in [0.2, 0.25) is 5.15 Å². The summed E-state index contributed by atoms with van der Waals surface area (Å²) in [5.74, 6) is 0. The van der Waals surface area contributed by atoms with Gasteiger partial charge >= 0.3 is 0 Å². The molecule has 1 aromatic heterocycles. The summed E-state index contributed by atoms with van der Waals surface area (Å²) in [6, 6.07) is 3.61. The van der Waals surface area contributed by atoms with Crippen molar-refractivity contribution >= 4 is 21.1 Å². The molecule has 1 heterocycles. The predicted molar refractivity (Wildman–Crippen MR) is 43.7 cm³/mol. The average Bonchev–Trinajstić information content (AvgIpc) is 1.95. The molecule has 10 heavy (non-hydrogen) atoms. The molecule has 1 rings (SSSR count).